The highest BCUT2D eigenvalue weighted by Gasteiger charge is 2.35. The van der Waals surface area contributed by atoms with Crippen LogP contribution in [0.25, 0.3) is 0 Å². The lowest BCUT2D eigenvalue weighted by molar-refractivity contribution is -0.402. The van der Waals surface area contributed by atoms with E-state index in [2.05, 4.69) is 0 Å². The first-order valence-corrected chi connectivity index (χ1v) is 5.66. The van der Waals surface area contributed by atoms with Crippen LogP contribution in [-0.4, -0.2) is 16.0 Å². The molecule has 0 aliphatic rings. The summed E-state index contributed by atoms with van der Waals surface area (Å²) in [5, 5.41) is 19.3. The van der Waals surface area contributed by atoms with E-state index in [1.165, 1.54) is 6.08 Å². The van der Waals surface area contributed by atoms with Crippen LogP contribution < -0.4 is 0 Å². The Labute approximate surface area is 102 Å². The number of allylic oxidation sites excluding steroid dienone is 1. The van der Waals surface area contributed by atoms with Gasteiger partial charge in [-0.25, -0.2) is 0 Å². The normalized spacial score (nSPS) is 15.8. The molecule has 0 aromatic carbocycles. The minimum absolute atomic E-state index is 0.228. The fraction of sp³-hybridized carbons (Fsp3) is 0.750. The van der Waals surface area contributed by atoms with Crippen molar-refractivity contribution in [3.63, 3.8) is 0 Å². The first-order valence-electron chi connectivity index (χ1n) is 5.66. The SMILES string of the molecule is CCC(C)(C/C=C/[N+](=O)[O-])CC(C)(C)C(=O)O. The van der Waals surface area contributed by atoms with Gasteiger partial charge in [0.15, 0.2) is 0 Å². The number of carbonyl (C=O) groups is 1. The summed E-state index contributed by atoms with van der Waals surface area (Å²) in [7, 11) is 0. The maximum absolute atomic E-state index is 11.1. The summed E-state index contributed by atoms with van der Waals surface area (Å²) in [5.74, 6) is -0.838. The highest BCUT2D eigenvalue weighted by Crippen LogP contribution is 2.39. The second kappa shape index (κ2) is 5.80. The van der Waals surface area contributed by atoms with Crippen LogP contribution in [0.2, 0.25) is 0 Å². The number of nitro groups is 1. The molecule has 0 aromatic heterocycles. The van der Waals surface area contributed by atoms with Gasteiger partial charge in [-0.3, -0.25) is 14.9 Å². The molecule has 5 nitrogen and oxygen atoms in total. The van der Waals surface area contributed by atoms with Crippen molar-refractivity contribution in [3.05, 3.63) is 22.4 Å². The molecule has 0 amide bonds. The third-order valence-electron chi connectivity index (χ3n) is 3.14. The van der Waals surface area contributed by atoms with Crippen molar-refractivity contribution >= 4 is 5.97 Å². The van der Waals surface area contributed by atoms with Crippen molar-refractivity contribution in [3.8, 4) is 0 Å². The molecular weight excluding hydrogens is 222 g/mol. The van der Waals surface area contributed by atoms with Crippen LogP contribution in [-0.2, 0) is 4.79 Å². The van der Waals surface area contributed by atoms with Gasteiger partial charge in [0.05, 0.1) is 10.3 Å². The van der Waals surface area contributed by atoms with Crippen LogP contribution >= 0.6 is 0 Å². The Morgan fingerprint density at radius 2 is 1.94 bits per heavy atom. The molecule has 0 saturated heterocycles. The van der Waals surface area contributed by atoms with Gasteiger partial charge in [0.25, 0.3) is 0 Å². The number of hydrogen-bond acceptors (Lipinski definition) is 3. The molecule has 0 aromatic rings. The van der Waals surface area contributed by atoms with Crippen molar-refractivity contribution in [1.29, 1.82) is 0 Å². The van der Waals surface area contributed by atoms with E-state index in [9.17, 15) is 14.9 Å². The number of rotatable bonds is 7. The molecule has 0 fully saturated rings. The van der Waals surface area contributed by atoms with E-state index in [0.29, 0.717) is 12.8 Å². The van der Waals surface area contributed by atoms with Crippen LogP contribution in [0.3, 0.4) is 0 Å². The minimum Gasteiger partial charge on any atom is -0.481 e. The average Bonchev–Trinajstić information content (AvgIpc) is 2.16. The highest BCUT2D eigenvalue weighted by molar-refractivity contribution is 5.73. The number of hydrogen-bond donors (Lipinski definition) is 1. The fourth-order valence-electron chi connectivity index (χ4n) is 1.91. The molecule has 17 heavy (non-hydrogen) atoms. The largest absolute Gasteiger partial charge is 0.481 e. The Balaban J connectivity index is 4.68. The molecule has 1 N–H and O–H groups in total. The van der Waals surface area contributed by atoms with Crippen molar-refractivity contribution in [1.82, 2.24) is 0 Å². The monoisotopic (exact) mass is 243 g/mol. The quantitative estimate of drug-likeness (QED) is 0.550. The molecule has 1 atom stereocenters. The smallest absolute Gasteiger partial charge is 0.309 e. The molecule has 0 aliphatic heterocycles. The Morgan fingerprint density at radius 3 is 2.29 bits per heavy atom. The molecule has 1 unspecified atom stereocenters. The Hall–Kier alpha value is -1.39. The zero-order valence-electron chi connectivity index (χ0n) is 10.9. The summed E-state index contributed by atoms with van der Waals surface area (Å²) in [5.41, 5.74) is -1.04. The average molecular weight is 243 g/mol. The fourth-order valence-corrected chi connectivity index (χ4v) is 1.91. The predicted octanol–water partition coefficient (Wildman–Crippen LogP) is 3.08. The molecule has 0 spiro atoms. The highest BCUT2D eigenvalue weighted by atomic mass is 16.6. The second-order valence-electron chi connectivity index (χ2n) is 5.40. The van der Waals surface area contributed by atoms with E-state index in [4.69, 9.17) is 5.11 Å². The van der Waals surface area contributed by atoms with Gasteiger partial charge in [-0.1, -0.05) is 20.3 Å². The van der Waals surface area contributed by atoms with E-state index in [1.807, 2.05) is 13.8 Å². The third-order valence-corrected chi connectivity index (χ3v) is 3.14. The van der Waals surface area contributed by atoms with E-state index in [0.717, 1.165) is 12.6 Å². The van der Waals surface area contributed by atoms with E-state index in [-0.39, 0.29) is 5.41 Å². The van der Waals surface area contributed by atoms with Crippen molar-refractivity contribution < 1.29 is 14.8 Å². The topological polar surface area (TPSA) is 80.4 Å². The van der Waals surface area contributed by atoms with Gasteiger partial charge in [0, 0.05) is 0 Å². The van der Waals surface area contributed by atoms with Gasteiger partial charge < -0.3 is 5.11 Å². The van der Waals surface area contributed by atoms with Gasteiger partial charge in [-0.05, 0) is 38.2 Å². The molecule has 0 radical (unpaired) electrons. The van der Waals surface area contributed by atoms with Gasteiger partial charge in [-0.2, -0.15) is 0 Å². The Kier molecular flexibility index (Phi) is 5.32. The standard InChI is InChI=1S/C12H21NO4/c1-5-12(4,7-6-8-13(16)17)9-11(2,3)10(14)15/h6,8H,5,7,9H2,1-4H3,(H,14,15)/b8-6+. The van der Waals surface area contributed by atoms with Crippen LogP contribution in [0.5, 0.6) is 0 Å². The van der Waals surface area contributed by atoms with E-state index in [1.54, 1.807) is 13.8 Å². The number of carboxylic acid groups (broad SMARTS) is 1. The molecule has 0 rings (SSSR count). The van der Waals surface area contributed by atoms with Crippen LogP contribution in [0.15, 0.2) is 12.3 Å². The Bertz CT molecular complexity index is 322. The van der Waals surface area contributed by atoms with Crippen molar-refractivity contribution in [2.75, 3.05) is 0 Å². The summed E-state index contributed by atoms with van der Waals surface area (Å²) in [6, 6.07) is 0. The number of aliphatic carboxylic acids is 1. The van der Waals surface area contributed by atoms with E-state index >= 15 is 0 Å². The number of carboxylic acids is 1. The summed E-state index contributed by atoms with van der Waals surface area (Å²) in [6.45, 7) is 7.29. The maximum atomic E-state index is 11.1. The molecule has 98 valence electrons. The minimum atomic E-state index is -0.838. The zero-order valence-corrected chi connectivity index (χ0v) is 10.9. The van der Waals surface area contributed by atoms with Crippen LogP contribution in [0, 0.1) is 20.9 Å². The predicted molar refractivity (Wildman–Crippen MR) is 65.2 cm³/mol. The lowest BCUT2D eigenvalue weighted by atomic mass is 9.71. The first kappa shape index (κ1) is 15.6. The summed E-state index contributed by atoms with van der Waals surface area (Å²) >= 11 is 0. The van der Waals surface area contributed by atoms with Gasteiger partial charge in [-0.15, -0.1) is 0 Å². The molecule has 0 heterocycles. The molecule has 0 aliphatic carbocycles. The lowest BCUT2D eigenvalue weighted by Crippen LogP contribution is -2.31. The van der Waals surface area contributed by atoms with Gasteiger partial charge in [0.2, 0.25) is 6.20 Å². The molecule has 5 heteroatoms. The lowest BCUT2D eigenvalue weighted by Gasteiger charge is -2.33. The van der Waals surface area contributed by atoms with Gasteiger partial charge in [0.1, 0.15) is 0 Å². The second-order valence-corrected chi connectivity index (χ2v) is 5.40. The maximum Gasteiger partial charge on any atom is 0.309 e. The van der Waals surface area contributed by atoms with Crippen molar-refractivity contribution in [2.45, 2.75) is 47.0 Å². The third kappa shape index (κ3) is 5.47. The zero-order chi connectivity index (χ0) is 13.7. The van der Waals surface area contributed by atoms with E-state index < -0.39 is 16.3 Å². The van der Waals surface area contributed by atoms with Crippen molar-refractivity contribution in [2.24, 2.45) is 10.8 Å². The Morgan fingerprint density at radius 1 is 1.41 bits per heavy atom. The molecule has 0 bridgehead atoms. The summed E-state index contributed by atoms with van der Waals surface area (Å²) in [4.78, 5) is 20.8. The molecular formula is C12H21NO4. The summed E-state index contributed by atoms with van der Waals surface area (Å²) < 4.78 is 0. The first-order chi connectivity index (χ1) is 7.63. The summed E-state index contributed by atoms with van der Waals surface area (Å²) in [6.07, 6.45) is 4.21. The van der Waals surface area contributed by atoms with Crippen LogP contribution in [0.4, 0.5) is 0 Å². The number of nitrogens with zero attached hydrogens (tertiary/aromatic N) is 1. The van der Waals surface area contributed by atoms with Crippen LogP contribution in [0.1, 0.15) is 47.0 Å². The van der Waals surface area contributed by atoms with Gasteiger partial charge >= 0.3 is 5.97 Å². The molecule has 0 saturated carbocycles.